The molecule has 0 amide bonds. The molecule has 1 saturated heterocycles. The normalized spacial score (nSPS) is 20.2. The van der Waals surface area contributed by atoms with E-state index in [4.69, 9.17) is 0 Å². The van der Waals surface area contributed by atoms with Crippen LogP contribution in [0.25, 0.3) is 0 Å². The molecule has 0 radical (unpaired) electrons. The van der Waals surface area contributed by atoms with Gasteiger partial charge in [0.25, 0.3) is 0 Å². The van der Waals surface area contributed by atoms with E-state index in [-0.39, 0.29) is 0 Å². The molecule has 1 rings (SSSR count). The van der Waals surface area contributed by atoms with Gasteiger partial charge in [0.2, 0.25) is 0 Å². The van der Waals surface area contributed by atoms with Crippen LogP contribution >= 0.6 is 0 Å². The summed E-state index contributed by atoms with van der Waals surface area (Å²) < 4.78 is 0. The van der Waals surface area contributed by atoms with E-state index in [2.05, 4.69) is 43.7 Å². The average Bonchev–Trinajstić information content (AvgIpc) is 2.28. The highest BCUT2D eigenvalue weighted by Crippen LogP contribution is 2.13. The summed E-state index contributed by atoms with van der Waals surface area (Å²) in [7, 11) is 2.22. The molecule has 1 atom stereocenters. The van der Waals surface area contributed by atoms with Gasteiger partial charge in [-0.05, 0) is 52.6 Å². The first-order valence-corrected chi connectivity index (χ1v) is 7.12. The molecule has 17 heavy (non-hydrogen) atoms. The number of likely N-dealkylation sites (N-methyl/N-ethyl adjacent to an activating group) is 1. The van der Waals surface area contributed by atoms with E-state index in [1.165, 1.54) is 57.6 Å². The first-order chi connectivity index (χ1) is 8.08. The summed E-state index contributed by atoms with van der Waals surface area (Å²) >= 11 is 0. The van der Waals surface area contributed by atoms with Crippen LogP contribution in [0.3, 0.4) is 0 Å². The summed E-state index contributed by atoms with van der Waals surface area (Å²) in [5.41, 5.74) is 1.45. The smallest absolute Gasteiger partial charge is 0.0110 e. The fraction of sp³-hybridized carbons (Fsp3) is 0.867. The zero-order valence-electron chi connectivity index (χ0n) is 12.2. The van der Waals surface area contributed by atoms with Crippen LogP contribution in [-0.2, 0) is 0 Å². The lowest BCUT2D eigenvalue weighted by molar-refractivity contribution is 0.147. The molecule has 0 aromatic rings. The van der Waals surface area contributed by atoms with Crippen LogP contribution in [0.4, 0.5) is 0 Å². The minimum Gasteiger partial charge on any atom is -0.304 e. The lowest BCUT2D eigenvalue weighted by Gasteiger charge is -2.32. The number of hydrogen-bond donors (Lipinski definition) is 0. The zero-order chi connectivity index (χ0) is 12.7. The van der Waals surface area contributed by atoms with Crippen LogP contribution in [0.5, 0.6) is 0 Å². The van der Waals surface area contributed by atoms with E-state index < -0.39 is 0 Å². The molecule has 0 aromatic heterocycles. The predicted molar refractivity (Wildman–Crippen MR) is 76.4 cm³/mol. The Hall–Kier alpha value is -0.340. The van der Waals surface area contributed by atoms with Crippen LogP contribution in [0.15, 0.2) is 11.6 Å². The Bertz CT molecular complexity index is 223. The van der Waals surface area contributed by atoms with Crippen LogP contribution in [0, 0.1) is 5.92 Å². The number of piperazine rings is 1. The van der Waals surface area contributed by atoms with Gasteiger partial charge in [-0.25, -0.2) is 0 Å². The van der Waals surface area contributed by atoms with Gasteiger partial charge in [0.1, 0.15) is 0 Å². The molecule has 0 saturated carbocycles. The monoisotopic (exact) mass is 238 g/mol. The van der Waals surface area contributed by atoms with Gasteiger partial charge >= 0.3 is 0 Å². The highest BCUT2D eigenvalue weighted by molar-refractivity contribution is 4.92. The molecule has 2 nitrogen and oxygen atoms in total. The maximum absolute atomic E-state index is 2.62. The first kappa shape index (κ1) is 14.7. The van der Waals surface area contributed by atoms with Crippen molar-refractivity contribution in [3.05, 3.63) is 11.6 Å². The van der Waals surface area contributed by atoms with Crippen molar-refractivity contribution < 1.29 is 0 Å². The summed E-state index contributed by atoms with van der Waals surface area (Å²) in [6.07, 6.45) is 6.33. The maximum Gasteiger partial charge on any atom is 0.0110 e. The van der Waals surface area contributed by atoms with Crippen molar-refractivity contribution in [1.29, 1.82) is 0 Å². The van der Waals surface area contributed by atoms with Crippen LogP contribution < -0.4 is 0 Å². The largest absolute Gasteiger partial charge is 0.304 e. The molecule has 1 fully saturated rings. The molecule has 1 aliphatic heterocycles. The molecule has 0 spiro atoms. The summed E-state index contributed by atoms with van der Waals surface area (Å²) in [5, 5.41) is 0. The highest BCUT2D eigenvalue weighted by atomic mass is 15.2. The zero-order valence-corrected chi connectivity index (χ0v) is 12.2. The second-order valence-electron chi connectivity index (χ2n) is 5.90. The number of rotatable bonds is 6. The Morgan fingerprint density at radius 1 is 1.12 bits per heavy atom. The summed E-state index contributed by atoms with van der Waals surface area (Å²) in [6.45, 7) is 13.1. The minimum absolute atomic E-state index is 0.866. The molecule has 0 N–H and O–H groups in total. The van der Waals surface area contributed by atoms with Gasteiger partial charge in [-0.15, -0.1) is 0 Å². The fourth-order valence-electron chi connectivity index (χ4n) is 2.28. The van der Waals surface area contributed by atoms with Crippen LogP contribution in [0.1, 0.15) is 40.0 Å². The van der Waals surface area contributed by atoms with Gasteiger partial charge in [0, 0.05) is 26.2 Å². The number of hydrogen-bond acceptors (Lipinski definition) is 2. The van der Waals surface area contributed by atoms with E-state index in [0.717, 1.165) is 5.92 Å². The van der Waals surface area contributed by atoms with Crippen molar-refractivity contribution >= 4 is 0 Å². The SMILES string of the molecule is CC(C)=CCC[C@@H](C)CCN1CCN(C)CC1. The first-order valence-electron chi connectivity index (χ1n) is 7.12. The average molecular weight is 238 g/mol. The highest BCUT2D eigenvalue weighted by Gasteiger charge is 2.13. The molecular formula is C15H30N2. The Morgan fingerprint density at radius 3 is 2.35 bits per heavy atom. The lowest BCUT2D eigenvalue weighted by atomic mass is 10.0. The Balaban J connectivity index is 2.07. The Morgan fingerprint density at radius 2 is 1.76 bits per heavy atom. The van der Waals surface area contributed by atoms with E-state index in [1.807, 2.05) is 0 Å². The van der Waals surface area contributed by atoms with E-state index in [9.17, 15) is 0 Å². The van der Waals surface area contributed by atoms with E-state index in [0.29, 0.717) is 0 Å². The fourth-order valence-corrected chi connectivity index (χ4v) is 2.28. The predicted octanol–water partition coefficient (Wildman–Crippen LogP) is 3.01. The van der Waals surface area contributed by atoms with Crippen LogP contribution in [-0.4, -0.2) is 49.6 Å². The molecule has 1 heterocycles. The third-order valence-corrected chi connectivity index (χ3v) is 3.75. The van der Waals surface area contributed by atoms with Crippen molar-refractivity contribution in [3.63, 3.8) is 0 Å². The second-order valence-corrected chi connectivity index (χ2v) is 5.90. The minimum atomic E-state index is 0.866. The molecule has 0 unspecified atom stereocenters. The molecule has 1 aliphatic rings. The van der Waals surface area contributed by atoms with Gasteiger partial charge in [-0.1, -0.05) is 18.6 Å². The van der Waals surface area contributed by atoms with Crippen LogP contribution in [0.2, 0.25) is 0 Å². The van der Waals surface area contributed by atoms with Crippen molar-refractivity contribution in [2.24, 2.45) is 5.92 Å². The Labute approximate surface area is 108 Å². The third-order valence-electron chi connectivity index (χ3n) is 3.75. The Kier molecular flexibility index (Phi) is 6.83. The van der Waals surface area contributed by atoms with Gasteiger partial charge in [0.05, 0.1) is 0 Å². The van der Waals surface area contributed by atoms with Crippen molar-refractivity contribution in [3.8, 4) is 0 Å². The number of allylic oxidation sites excluding steroid dienone is 2. The van der Waals surface area contributed by atoms with Gasteiger partial charge in [-0.2, -0.15) is 0 Å². The van der Waals surface area contributed by atoms with Gasteiger partial charge in [-0.3, -0.25) is 0 Å². The third kappa shape index (κ3) is 6.85. The standard InChI is InChI=1S/C15H30N2/c1-14(2)6-5-7-15(3)8-9-17-12-10-16(4)11-13-17/h6,15H,5,7-13H2,1-4H3/t15-/m1/s1. The maximum atomic E-state index is 2.62. The molecular weight excluding hydrogens is 208 g/mol. The van der Waals surface area contributed by atoms with E-state index in [1.54, 1.807) is 0 Å². The van der Waals surface area contributed by atoms with Gasteiger partial charge in [0.15, 0.2) is 0 Å². The summed E-state index contributed by atoms with van der Waals surface area (Å²) in [5.74, 6) is 0.866. The van der Waals surface area contributed by atoms with Gasteiger partial charge < -0.3 is 9.80 Å². The van der Waals surface area contributed by atoms with Crippen molar-refractivity contribution in [2.45, 2.75) is 40.0 Å². The molecule has 0 aromatic carbocycles. The topological polar surface area (TPSA) is 6.48 Å². The summed E-state index contributed by atoms with van der Waals surface area (Å²) in [6, 6.07) is 0. The molecule has 0 bridgehead atoms. The van der Waals surface area contributed by atoms with Crippen molar-refractivity contribution in [2.75, 3.05) is 39.8 Å². The summed E-state index contributed by atoms with van der Waals surface area (Å²) in [4.78, 5) is 5.05. The quantitative estimate of drug-likeness (QED) is 0.656. The lowest BCUT2D eigenvalue weighted by Crippen LogP contribution is -2.44. The van der Waals surface area contributed by atoms with Crippen molar-refractivity contribution in [1.82, 2.24) is 9.80 Å². The second kappa shape index (κ2) is 7.88. The molecule has 0 aliphatic carbocycles. The van der Waals surface area contributed by atoms with E-state index >= 15 is 0 Å². The molecule has 100 valence electrons. The number of nitrogens with zero attached hydrogens (tertiary/aromatic N) is 2. The molecule has 2 heteroatoms.